The number of anilines is 2. The summed E-state index contributed by atoms with van der Waals surface area (Å²) in [6, 6.07) is 4.31. The van der Waals surface area contributed by atoms with Crippen LogP contribution >= 0.6 is 11.3 Å². The number of nitrogens with zero attached hydrogens (tertiary/aromatic N) is 3. The van der Waals surface area contributed by atoms with Gasteiger partial charge in [0, 0.05) is 17.5 Å². The second-order valence-electron chi connectivity index (χ2n) is 5.56. The first-order chi connectivity index (χ1) is 11.2. The number of hydrogen-bond acceptors (Lipinski definition) is 7. The molecule has 2 aromatic heterocycles. The number of nitro groups is 1. The molecule has 23 heavy (non-hydrogen) atoms. The largest absolute Gasteiger partial charge is 0.364 e. The summed E-state index contributed by atoms with van der Waals surface area (Å²) in [5, 5.41) is 19.8. The molecule has 0 aliphatic heterocycles. The van der Waals surface area contributed by atoms with E-state index in [1.807, 2.05) is 17.5 Å². The Morgan fingerprint density at radius 1 is 1.30 bits per heavy atom. The van der Waals surface area contributed by atoms with Crippen LogP contribution in [-0.4, -0.2) is 27.5 Å². The Hall–Kier alpha value is -2.22. The predicted molar refractivity (Wildman–Crippen MR) is 91.1 cm³/mol. The molecule has 1 saturated carbocycles. The van der Waals surface area contributed by atoms with Crippen LogP contribution in [0, 0.1) is 10.1 Å². The molecule has 3 rings (SSSR count). The van der Waals surface area contributed by atoms with Crippen LogP contribution in [-0.2, 0) is 6.42 Å². The fourth-order valence-electron chi connectivity index (χ4n) is 2.81. The van der Waals surface area contributed by atoms with Gasteiger partial charge in [0.05, 0.1) is 4.92 Å². The van der Waals surface area contributed by atoms with E-state index in [1.165, 1.54) is 11.2 Å². The molecule has 2 N–H and O–H groups in total. The molecular formula is C15H19N5O2S. The molecule has 0 amide bonds. The average Bonchev–Trinajstić information content (AvgIpc) is 3.21. The molecule has 0 spiro atoms. The van der Waals surface area contributed by atoms with Crippen molar-refractivity contribution >= 4 is 28.7 Å². The van der Waals surface area contributed by atoms with Crippen LogP contribution in [0.2, 0.25) is 0 Å². The third-order valence-electron chi connectivity index (χ3n) is 3.94. The molecule has 0 radical (unpaired) electrons. The zero-order valence-corrected chi connectivity index (χ0v) is 13.5. The SMILES string of the molecule is O=[N+]([O-])c1c(NCCc2cccs2)ncnc1NC1CCCC1. The Morgan fingerprint density at radius 3 is 2.78 bits per heavy atom. The zero-order chi connectivity index (χ0) is 16.1. The van der Waals surface area contributed by atoms with Gasteiger partial charge in [-0.1, -0.05) is 18.9 Å². The Labute approximate surface area is 138 Å². The van der Waals surface area contributed by atoms with Gasteiger partial charge in [-0.25, -0.2) is 9.97 Å². The summed E-state index contributed by atoms with van der Waals surface area (Å²) in [7, 11) is 0. The molecular weight excluding hydrogens is 314 g/mol. The van der Waals surface area contributed by atoms with Crippen LogP contribution < -0.4 is 10.6 Å². The van der Waals surface area contributed by atoms with Gasteiger partial charge in [-0.15, -0.1) is 11.3 Å². The van der Waals surface area contributed by atoms with Crippen molar-refractivity contribution in [3.05, 3.63) is 38.8 Å². The van der Waals surface area contributed by atoms with Crippen molar-refractivity contribution in [2.24, 2.45) is 0 Å². The van der Waals surface area contributed by atoms with Crippen molar-refractivity contribution in [2.45, 2.75) is 38.1 Å². The molecule has 0 bridgehead atoms. The van der Waals surface area contributed by atoms with Crippen LogP contribution in [0.3, 0.4) is 0 Å². The zero-order valence-electron chi connectivity index (χ0n) is 12.7. The van der Waals surface area contributed by atoms with E-state index < -0.39 is 4.92 Å². The first-order valence-corrected chi connectivity index (χ1v) is 8.64. The lowest BCUT2D eigenvalue weighted by Gasteiger charge is -2.14. The Morgan fingerprint density at radius 2 is 2.09 bits per heavy atom. The molecule has 0 unspecified atom stereocenters. The second kappa shape index (κ2) is 7.36. The topological polar surface area (TPSA) is 93.0 Å². The first-order valence-electron chi connectivity index (χ1n) is 7.76. The maximum Gasteiger partial charge on any atom is 0.353 e. The third kappa shape index (κ3) is 3.95. The van der Waals surface area contributed by atoms with Crippen LogP contribution in [0.5, 0.6) is 0 Å². The minimum Gasteiger partial charge on any atom is -0.364 e. The normalized spacial score (nSPS) is 14.8. The van der Waals surface area contributed by atoms with Crippen molar-refractivity contribution in [2.75, 3.05) is 17.2 Å². The van der Waals surface area contributed by atoms with Gasteiger partial charge in [0.1, 0.15) is 6.33 Å². The van der Waals surface area contributed by atoms with Gasteiger partial charge in [0.25, 0.3) is 0 Å². The molecule has 1 fully saturated rings. The summed E-state index contributed by atoms with van der Waals surface area (Å²) in [6.45, 7) is 0.598. The third-order valence-corrected chi connectivity index (χ3v) is 4.88. The molecule has 8 heteroatoms. The van der Waals surface area contributed by atoms with Crippen molar-refractivity contribution in [1.82, 2.24) is 9.97 Å². The lowest BCUT2D eigenvalue weighted by molar-refractivity contribution is -0.383. The van der Waals surface area contributed by atoms with E-state index in [1.54, 1.807) is 11.3 Å². The summed E-state index contributed by atoms with van der Waals surface area (Å²) >= 11 is 1.67. The van der Waals surface area contributed by atoms with Gasteiger partial charge in [-0.2, -0.15) is 0 Å². The number of aromatic nitrogens is 2. The number of thiophene rings is 1. The monoisotopic (exact) mass is 333 g/mol. The predicted octanol–water partition coefficient (Wildman–Crippen LogP) is 3.46. The van der Waals surface area contributed by atoms with E-state index >= 15 is 0 Å². The molecule has 0 saturated heterocycles. The van der Waals surface area contributed by atoms with Crippen LogP contribution in [0.4, 0.5) is 17.3 Å². The quantitative estimate of drug-likeness (QED) is 0.595. The van der Waals surface area contributed by atoms with Crippen molar-refractivity contribution < 1.29 is 4.92 Å². The molecule has 122 valence electrons. The van der Waals surface area contributed by atoms with Gasteiger partial charge in [-0.05, 0) is 30.7 Å². The highest BCUT2D eigenvalue weighted by molar-refractivity contribution is 7.09. The van der Waals surface area contributed by atoms with Gasteiger partial charge in [-0.3, -0.25) is 10.1 Å². The Bertz CT molecular complexity index is 656. The van der Waals surface area contributed by atoms with Crippen LogP contribution in [0.15, 0.2) is 23.8 Å². The van der Waals surface area contributed by atoms with Crippen LogP contribution in [0.25, 0.3) is 0 Å². The first kappa shape index (κ1) is 15.7. The highest BCUT2D eigenvalue weighted by atomic mass is 32.1. The molecule has 1 aliphatic rings. The highest BCUT2D eigenvalue weighted by Crippen LogP contribution is 2.31. The molecule has 7 nitrogen and oxygen atoms in total. The summed E-state index contributed by atoms with van der Waals surface area (Å²) in [4.78, 5) is 20.4. The van der Waals surface area contributed by atoms with Crippen LogP contribution in [0.1, 0.15) is 30.6 Å². The van der Waals surface area contributed by atoms with Gasteiger partial charge < -0.3 is 10.6 Å². The summed E-state index contributed by atoms with van der Waals surface area (Å²) in [5.41, 5.74) is -0.0643. The van der Waals surface area contributed by atoms with Crippen molar-refractivity contribution in [1.29, 1.82) is 0 Å². The number of rotatable bonds is 7. The highest BCUT2D eigenvalue weighted by Gasteiger charge is 2.25. The second-order valence-corrected chi connectivity index (χ2v) is 6.59. The lowest BCUT2D eigenvalue weighted by Crippen LogP contribution is -2.18. The molecule has 0 aromatic carbocycles. The maximum atomic E-state index is 11.5. The fraction of sp³-hybridized carbons (Fsp3) is 0.467. The van der Waals surface area contributed by atoms with Crippen molar-refractivity contribution in [3.8, 4) is 0 Å². The summed E-state index contributed by atoms with van der Waals surface area (Å²) in [6.07, 6.45) is 6.55. The van der Waals surface area contributed by atoms with E-state index in [0.717, 1.165) is 32.1 Å². The minimum absolute atomic E-state index is 0.0643. The Kier molecular flexibility index (Phi) is 5.02. The van der Waals surface area contributed by atoms with E-state index in [9.17, 15) is 10.1 Å². The lowest BCUT2D eigenvalue weighted by atomic mass is 10.2. The standard InChI is InChI=1S/C15H19N5O2S/c21-20(22)13-14(16-8-7-12-6-3-9-23-12)17-10-18-15(13)19-11-4-1-2-5-11/h3,6,9-11H,1-2,4-5,7-8H2,(H2,16,17,18,19). The van der Waals surface area contributed by atoms with Crippen molar-refractivity contribution in [3.63, 3.8) is 0 Å². The number of nitrogens with one attached hydrogen (secondary N) is 2. The fourth-order valence-corrected chi connectivity index (χ4v) is 3.52. The summed E-state index contributed by atoms with van der Waals surface area (Å²) < 4.78 is 0. The van der Waals surface area contributed by atoms with Gasteiger partial charge in [0.2, 0.25) is 11.6 Å². The van der Waals surface area contributed by atoms with E-state index in [2.05, 4.69) is 20.6 Å². The van der Waals surface area contributed by atoms with E-state index in [4.69, 9.17) is 0 Å². The van der Waals surface area contributed by atoms with Gasteiger partial charge in [0.15, 0.2) is 0 Å². The minimum atomic E-state index is -0.412. The molecule has 2 aromatic rings. The molecule has 1 aliphatic carbocycles. The van der Waals surface area contributed by atoms with Gasteiger partial charge >= 0.3 is 5.69 Å². The van der Waals surface area contributed by atoms with E-state index in [0.29, 0.717) is 12.4 Å². The molecule has 2 heterocycles. The Balaban J connectivity index is 1.71. The average molecular weight is 333 g/mol. The summed E-state index contributed by atoms with van der Waals surface area (Å²) in [5.74, 6) is 0.595. The number of hydrogen-bond donors (Lipinski definition) is 2. The molecule has 0 atom stereocenters. The van der Waals surface area contributed by atoms with E-state index in [-0.39, 0.29) is 17.5 Å². The smallest absolute Gasteiger partial charge is 0.353 e. The maximum absolute atomic E-state index is 11.5.